The maximum Gasteiger partial charge on any atom is 0.0626 e. The van der Waals surface area contributed by atoms with Crippen LogP contribution in [0.4, 0.5) is 5.69 Å². The van der Waals surface area contributed by atoms with Gasteiger partial charge in [0, 0.05) is 12.8 Å². The number of hydrogen-bond acceptors (Lipinski definition) is 3. The minimum atomic E-state index is -0.164. The SMILES string of the molecule is C=NN(c1ccc(C2CCC(C(C)O)CC2)cc1C)C(C)C.CC. The molecule has 1 aliphatic carbocycles. The van der Waals surface area contributed by atoms with Gasteiger partial charge in [-0.25, -0.2) is 0 Å². The Morgan fingerprint density at radius 2 is 1.71 bits per heavy atom. The predicted octanol–water partition coefficient (Wildman–Crippen LogP) is 5.51. The van der Waals surface area contributed by atoms with Crippen molar-refractivity contribution in [2.24, 2.45) is 11.0 Å². The van der Waals surface area contributed by atoms with Gasteiger partial charge in [-0.2, -0.15) is 5.10 Å². The zero-order chi connectivity index (χ0) is 18.3. The van der Waals surface area contributed by atoms with Crippen LogP contribution in [0.15, 0.2) is 23.3 Å². The molecule has 1 aliphatic rings. The molecule has 2 rings (SSSR count). The van der Waals surface area contributed by atoms with Crippen LogP contribution in [0, 0.1) is 12.8 Å². The molecule has 3 nitrogen and oxygen atoms in total. The average molecular weight is 333 g/mol. The third-order valence-corrected chi connectivity index (χ3v) is 5.03. The highest BCUT2D eigenvalue weighted by Crippen LogP contribution is 2.38. The van der Waals surface area contributed by atoms with E-state index in [0.29, 0.717) is 17.9 Å². The number of aliphatic hydroxyl groups excluding tert-OH is 1. The van der Waals surface area contributed by atoms with Crippen molar-refractivity contribution < 1.29 is 5.11 Å². The van der Waals surface area contributed by atoms with Gasteiger partial charge in [-0.05, 0) is 82.4 Å². The van der Waals surface area contributed by atoms with Gasteiger partial charge in [0.25, 0.3) is 0 Å². The lowest BCUT2D eigenvalue weighted by Gasteiger charge is -2.31. The molecule has 0 spiro atoms. The fraction of sp³-hybridized carbons (Fsp3) is 0.667. The van der Waals surface area contributed by atoms with Crippen molar-refractivity contribution in [2.75, 3.05) is 5.01 Å². The molecule has 1 saturated carbocycles. The van der Waals surface area contributed by atoms with E-state index in [1.165, 1.54) is 24.0 Å². The van der Waals surface area contributed by atoms with Gasteiger partial charge in [0.15, 0.2) is 0 Å². The molecule has 24 heavy (non-hydrogen) atoms. The highest BCUT2D eigenvalue weighted by atomic mass is 16.3. The summed E-state index contributed by atoms with van der Waals surface area (Å²) in [6.45, 7) is 16.0. The van der Waals surface area contributed by atoms with Crippen LogP contribution in [0.3, 0.4) is 0 Å². The molecular formula is C21H36N2O. The van der Waals surface area contributed by atoms with E-state index in [1.54, 1.807) is 0 Å². The van der Waals surface area contributed by atoms with Gasteiger partial charge in [0.1, 0.15) is 0 Å². The van der Waals surface area contributed by atoms with Gasteiger partial charge in [-0.15, -0.1) is 0 Å². The van der Waals surface area contributed by atoms with Crippen molar-refractivity contribution in [3.63, 3.8) is 0 Å². The predicted molar refractivity (Wildman–Crippen MR) is 106 cm³/mol. The summed E-state index contributed by atoms with van der Waals surface area (Å²) in [7, 11) is 0. The second-order valence-electron chi connectivity index (χ2n) is 6.98. The Morgan fingerprint density at radius 3 is 2.12 bits per heavy atom. The molecule has 0 bridgehead atoms. The number of rotatable bonds is 5. The van der Waals surface area contributed by atoms with Crippen LogP contribution >= 0.6 is 0 Å². The molecular weight excluding hydrogens is 296 g/mol. The van der Waals surface area contributed by atoms with E-state index >= 15 is 0 Å². The van der Waals surface area contributed by atoms with Crippen LogP contribution in [0.1, 0.15) is 77.3 Å². The maximum absolute atomic E-state index is 9.73. The summed E-state index contributed by atoms with van der Waals surface area (Å²) in [5.74, 6) is 1.12. The first-order valence-electron chi connectivity index (χ1n) is 9.48. The summed E-state index contributed by atoms with van der Waals surface area (Å²) in [5.41, 5.74) is 3.83. The second-order valence-corrected chi connectivity index (χ2v) is 6.98. The zero-order valence-electron chi connectivity index (χ0n) is 16.4. The van der Waals surface area contributed by atoms with E-state index in [2.05, 4.69) is 50.8 Å². The standard InChI is InChI=1S/C19H30N2O.C2H6/c1-13(2)21(20-5)19-11-10-18(12-14(19)3)17-8-6-16(7-9-17)15(4)22;1-2/h10-13,15-17,22H,5-9H2,1-4H3;1-2H3. The van der Waals surface area contributed by atoms with Crippen molar-refractivity contribution in [1.82, 2.24) is 0 Å². The van der Waals surface area contributed by atoms with E-state index in [-0.39, 0.29) is 6.10 Å². The van der Waals surface area contributed by atoms with E-state index < -0.39 is 0 Å². The Hall–Kier alpha value is -1.35. The first-order valence-corrected chi connectivity index (χ1v) is 9.48. The van der Waals surface area contributed by atoms with Crippen LogP contribution in [-0.4, -0.2) is 24.0 Å². The number of nitrogens with zero attached hydrogens (tertiary/aromatic N) is 2. The summed E-state index contributed by atoms with van der Waals surface area (Å²) in [6.07, 6.45) is 4.47. The van der Waals surface area contributed by atoms with E-state index in [1.807, 2.05) is 25.8 Å². The number of hydrazone groups is 1. The lowest BCUT2D eigenvalue weighted by Crippen LogP contribution is -2.25. The minimum absolute atomic E-state index is 0.164. The summed E-state index contributed by atoms with van der Waals surface area (Å²) in [4.78, 5) is 0. The number of anilines is 1. The van der Waals surface area contributed by atoms with Crippen LogP contribution in [-0.2, 0) is 0 Å². The van der Waals surface area contributed by atoms with Crippen molar-refractivity contribution in [1.29, 1.82) is 0 Å². The molecule has 0 saturated heterocycles. The number of aliphatic hydroxyl groups is 1. The number of hydrogen-bond donors (Lipinski definition) is 1. The van der Waals surface area contributed by atoms with Crippen LogP contribution in [0.25, 0.3) is 0 Å². The lowest BCUT2D eigenvalue weighted by atomic mass is 9.77. The van der Waals surface area contributed by atoms with Crippen molar-refractivity contribution >= 4 is 12.4 Å². The van der Waals surface area contributed by atoms with Crippen LogP contribution in [0.5, 0.6) is 0 Å². The van der Waals surface area contributed by atoms with E-state index in [4.69, 9.17) is 0 Å². The highest BCUT2D eigenvalue weighted by molar-refractivity contribution is 5.56. The maximum atomic E-state index is 9.73. The Bertz CT molecular complexity index is 503. The smallest absolute Gasteiger partial charge is 0.0626 e. The van der Waals surface area contributed by atoms with Gasteiger partial charge < -0.3 is 5.11 Å². The Morgan fingerprint density at radius 1 is 1.12 bits per heavy atom. The number of aryl methyl sites for hydroxylation is 1. The molecule has 0 heterocycles. The van der Waals surface area contributed by atoms with E-state index in [9.17, 15) is 5.11 Å². The largest absolute Gasteiger partial charge is 0.393 e. The Labute approximate surface area is 148 Å². The average Bonchev–Trinajstić information content (AvgIpc) is 2.58. The molecule has 0 amide bonds. The molecule has 0 aliphatic heterocycles. The van der Waals surface area contributed by atoms with Crippen molar-refractivity contribution in [2.45, 2.75) is 85.3 Å². The summed E-state index contributed by atoms with van der Waals surface area (Å²) in [5, 5.41) is 15.9. The van der Waals surface area contributed by atoms with Gasteiger partial charge >= 0.3 is 0 Å². The highest BCUT2D eigenvalue weighted by Gasteiger charge is 2.25. The molecule has 1 atom stereocenters. The molecule has 3 heteroatoms. The monoisotopic (exact) mass is 332 g/mol. The summed E-state index contributed by atoms with van der Waals surface area (Å²) < 4.78 is 0. The fourth-order valence-corrected chi connectivity index (χ4v) is 3.64. The Kier molecular flexibility index (Phi) is 8.47. The van der Waals surface area contributed by atoms with Gasteiger partial charge in [0.05, 0.1) is 11.8 Å². The van der Waals surface area contributed by atoms with Crippen molar-refractivity contribution in [3.8, 4) is 0 Å². The molecule has 1 aromatic carbocycles. The molecule has 0 aromatic heterocycles. The fourth-order valence-electron chi connectivity index (χ4n) is 3.64. The molecule has 1 aromatic rings. The Balaban J connectivity index is 0.00000139. The van der Waals surface area contributed by atoms with Crippen LogP contribution in [0.2, 0.25) is 0 Å². The van der Waals surface area contributed by atoms with E-state index in [0.717, 1.165) is 18.5 Å². The first-order chi connectivity index (χ1) is 11.4. The third-order valence-electron chi connectivity index (χ3n) is 5.03. The van der Waals surface area contributed by atoms with Gasteiger partial charge in [-0.1, -0.05) is 26.0 Å². The van der Waals surface area contributed by atoms with Crippen LogP contribution < -0.4 is 5.01 Å². The molecule has 1 N–H and O–H groups in total. The quantitative estimate of drug-likeness (QED) is 0.570. The van der Waals surface area contributed by atoms with Gasteiger partial charge in [0.2, 0.25) is 0 Å². The molecule has 0 radical (unpaired) electrons. The number of benzene rings is 1. The summed E-state index contributed by atoms with van der Waals surface area (Å²) >= 11 is 0. The third kappa shape index (κ3) is 5.07. The molecule has 1 fully saturated rings. The molecule has 1 unspecified atom stereocenters. The molecule has 136 valence electrons. The van der Waals surface area contributed by atoms with Gasteiger partial charge in [-0.3, -0.25) is 5.01 Å². The zero-order valence-corrected chi connectivity index (χ0v) is 16.4. The topological polar surface area (TPSA) is 35.8 Å². The lowest BCUT2D eigenvalue weighted by molar-refractivity contribution is 0.0967. The first kappa shape index (κ1) is 20.7. The normalized spacial score (nSPS) is 21.7. The summed E-state index contributed by atoms with van der Waals surface area (Å²) in [6, 6.07) is 7.04. The van der Waals surface area contributed by atoms with Crippen molar-refractivity contribution in [3.05, 3.63) is 29.3 Å². The minimum Gasteiger partial charge on any atom is -0.393 e. The second kappa shape index (κ2) is 9.83.